The molecule has 1 atom stereocenters. The molecule has 0 bridgehead atoms. The Bertz CT molecular complexity index is 832. The minimum atomic E-state index is -0.416. The summed E-state index contributed by atoms with van der Waals surface area (Å²) in [6.07, 6.45) is 0. The zero-order chi connectivity index (χ0) is 16.9. The van der Waals surface area contributed by atoms with E-state index in [1.807, 2.05) is 60.7 Å². The van der Waals surface area contributed by atoms with Crippen LogP contribution in [0.25, 0.3) is 0 Å². The fourth-order valence-electron chi connectivity index (χ4n) is 2.44. The number of carbonyl (C=O) groups is 1. The van der Waals surface area contributed by atoms with E-state index in [1.165, 1.54) is 7.11 Å². The molecule has 0 aromatic heterocycles. The first-order valence-corrected chi connectivity index (χ1v) is 9.03. The van der Waals surface area contributed by atoms with Gasteiger partial charge in [-0.3, -0.25) is 0 Å². The summed E-state index contributed by atoms with van der Waals surface area (Å²) >= 11 is 6.04. The van der Waals surface area contributed by atoms with Crippen LogP contribution in [-0.4, -0.2) is 13.1 Å². The summed E-state index contributed by atoms with van der Waals surface area (Å²) in [6, 6.07) is 25.5. The number of carbonyl (C=O) groups excluding carboxylic acids is 1. The zero-order valence-electron chi connectivity index (χ0n) is 13.1. The topological polar surface area (TPSA) is 26.3 Å². The van der Waals surface area contributed by atoms with Gasteiger partial charge in [0, 0.05) is 5.02 Å². The highest BCUT2D eigenvalue weighted by molar-refractivity contribution is 7.97. The van der Waals surface area contributed by atoms with Crippen LogP contribution in [0.1, 0.15) is 10.4 Å². The highest BCUT2D eigenvalue weighted by Gasteiger charge is 2.33. The Morgan fingerprint density at radius 1 is 0.833 bits per heavy atom. The van der Waals surface area contributed by atoms with Gasteiger partial charge in [0.1, 0.15) is 16.5 Å². The van der Waals surface area contributed by atoms with E-state index in [1.54, 1.807) is 6.07 Å². The summed E-state index contributed by atoms with van der Waals surface area (Å²) in [7, 11) is 0.989. The Morgan fingerprint density at radius 2 is 1.42 bits per heavy atom. The molecule has 3 aromatic rings. The molecule has 1 unspecified atom stereocenters. The fourth-order valence-corrected chi connectivity index (χ4v) is 4.77. The standard InChI is InChI=1S/C20H16ClO2S/c1-23-20(22)18-9-5-6-10-19(18)24(16-7-3-2-4-8-16)17-13-11-15(21)12-14-17/h2-14H,1H3/q+1. The molecule has 3 aromatic carbocycles. The van der Waals surface area contributed by atoms with Crippen molar-refractivity contribution in [2.75, 3.05) is 7.11 Å². The average Bonchev–Trinajstić information content (AvgIpc) is 2.64. The largest absolute Gasteiger partial charge is 0.465 e. The third kappa shape index (κ3) is 3.48. The van der Waals surface area contributed by atoms with Gasteiger partial charge >= 0.3 is 5.97 Å². The molecule has 120 valence electrons. The maximum Gasteiger partial charge on any atom is 0.343 e. The van der Waals surface area contributed by atoms with Crippen molar-refractivity contribution in [1.29, 1.82) is 0 Å². The number of ether oxygens (including phenoxy) is 1. The van der Waals surface area contributed by atoms with Crippen LogP contribution in [0.2, 0.25) is 5.02 Å². The molecule has 0 spiro atoms. The molecule has 2 nitrogen and oxygen atoms in total. The maximum absolute atomic E-state index is 12.2. The van der Waals surface area contributed by atoms with Crippen LogP contribution >= 0.6 is 11.6 Å². The van der Waals surface area contributed by atoms with E-state index < -0.39 is 10.9 Å². The van der Waals surface area contributed by atoms with Crippen molar-refractivity contribution in [3.05, 3.63) is 89.4 Å². The van der Waals surface area contributed by atoms with Crippen LogP contribution in [-0.2, 0) is 15.6 Å². The summed E-state index contributed by atoms with van der Waals surface area (Å²) < 4.78 is 4.96. The van der Waals surface area contributed by atoms with Gasteiger partial charge < -0.3 is 4.74 Å². The van der Waals surface area contributed by atoms with Gasteiger partial charge in [0.05, 0.1) is 7.11 Å². The first-order chi connectivity index (χ1) is 11.7. The van der Waals surface area contributed by atoms with Gasteiger partial charge in [0.2, 0.25) is 0 Å². The molecule has 0 saturated heterocycles. The van der Waals surface area contributed by atoms with Crippen molar-refractivity contribution in [2.45, 2.75) is 14.7 Å². The number of esters is 1. The minimum Gasteiger partial charge on any atom is -0.465 e. The lowest BCUT2D eigenvalue weighted by molar-refractivity contribution is 0.0596. The molecular weight excluding hydrogens is 340 g/mol. The number of halogens is 1. The van der Waals surface area contributed by atoms with E-state index in [9.17, 15) is 4.79 Å². The normalized spacial score (nSPS) is 11.8. The van der Waals surface area contributed by atoms with Crippen molar-refractivity contribution in [2.24, 2.45) is 0 Å². The first kappa shape index (κ1) is 16.6. The second-order valence-electron chi connectivity index (χ2n) is 5.06. The summed E-state index contributed by atoms with van der Waals surface area (Å²) in [6.45, 7) is 0. The second-order valence-corrected chi connectivity index (χ2v) is 7.49. The SMILES string of the molecule is COC(=O)c1ccccc1[S+](c1ccccc1)c1ccc(Cl)cc1. The molecule has 0 radical (unpaired) electrons. The van der Waals surface area contributed by atoms with Gasteiger partial charge in [-0.05, 0) is 48.5 Å². The Balaban J connectivity index is 2.20. The van der Waals surface area contributed by atoms with Gasteiger partial charge in [-0.25, -0.2) is 4.79 Å². The molecule has 0 heterocycles. The van der Waals surface area contributed by atoms with Gasteiger partial charge in [-0.15, -0.1) is 0 Å². The monoisotopic (exact) mass is 355 g/mol. The Kier molecular flexibility index (Phi) is 5.24. The van der Waals surface area contributed by atoms with E-state index in [-0.39, 0.29) is 5.97 Å². The van der Waals surface area contributed by atoms with Crippen molar-refractivity contribution in [1.82, 2.24) is 0 Å². The van der Waals surface area contributed by atoms with Crippen LogP contribution in [0.4, 0.5) is 0 Å². The third-order valence-electron chi connectivity index (χ3n) is 3.54. The summed E-state index contributed by atoms with van der Waals surface area (Å²) in [5.41, 5.74) is 0.585. The molecule has 0 aliphatic rings. The predicted molar refractivity (Wildman–Crippen MR) is 97.8 cm³/mol. The molecule has 0 saturated carbocycles. The quantitative estimate of drug-likeness (QED) is 0.473. The van der Waals surface area contributed by atoms with E-state index >= 15 is 0 Å². The van der Waals surface area contributed by atoms with Crippen LogP contribution < -0.4 is 0 Å². The van der Waals surface area contributed by atoms with Gasteiger partial charge in [-0.2, -0.15) is 0 Å². The molecule has 0 N–H and O–H groups in total. The number of rotatable bonds is 4. The van der Waals surface area contributed by atoms with E-state index in [0.717, 1.165) is 14.7 Å². The lowest BCUT2D eigenvalue weighted by Gasteiger charge is -2.11. The lowest BCUT2D eigenvalue weighted by atomic mass is 10.2. The minimum absolute atomic E-state index is 0.326. The van der Waals surface area contributed by atoms with Crippen LogP contribution in [0.3, 0.4) is 0 Å². The third-order valence-corrected chi connectivity index (χ3v) is 6.08. The van der Waals surface area contributed by atoms with Crippen molar-refractivity contribution < 1.29 is 9.53 Å². The molecule has 0 amide bonds. The second kappa shape index (κ2) is 7.56. The van der Waals surface area contributed by atoms with E-state index in [4.69, 9.17) is 16.3 Å². The summed E-state index contributed by atoms with van der Waals surface area (Å²) in [5.74, 6) is -0.326. The van der Waals surface area contributed by atoms with Crippen molar-refractivity contribution in [3.8, 4) is 0 Å². The molecular formula is C20H16ClO2S+. The van der Waals surface area contributed by atoms with Crippen LogP contribution in [0.15, 0.2) is 93.5 Å². The highest BCUT2D eigenvalue weighted by atomic mass is 35.5. The lowest BCUT2D eigenvalue weighted by Crippen LogP contribution is -2.12. The van der Waals surface area contributed by atoms with E-state index in [2.05, 4.69) is 12.1 Å². The number of hydrogen-bond donors (Lipinski definition) is 0. The zero-order valence-corrected chi connectivity index (χ0v) is 14.7. The summed E-state index contributed by atoms with van der Waals surface area (Å²) in [4.78, 5) is 15.4. The Morgan fingerprint density at radius 3 is 2.08 bits per heavy atom. The molecule has 0 aliphatic carbocycles. The van der Waals surface area contributed by atoms with E-state index in [0.29, 0.717) is 10.6 Å². The smallest absolute Gasteiger partial charge is 0.343 e. The average molecular weight is 356 g/mol. The van der Waals surface area contributed by atoms with Crippen LogP contribution in [0.5, 0.6) is 0 Å². The summed E-state index contributed by atoms with van der Waals surface area (Å²) in [5, 5.41) is 0.691. The Hall–Kier alpha value is -2.23. The predicted octanol–water partition coefficient (Wildman–Crippen LogP) is 5.22. The number of benzene rings is 3. The molecule has 0 aliphatic heterocycles. The van der Waals surface area contributed by atoms with Gasteiger partial charge in [0.25, 0.3) is 0 Å². The van der Waals surface area contributed by atoms with Crippen molar-refractivity contribution in [3.63, 3.8) is 0 Å². The molecule has 3 rings (SSSR count). The first-order valence-electron chi connectivity index (χ1n) is 7.43. The molecule has 0 fully saturated rings. The number of methoxy groups -OCH3 is 1. The molecule has 4 heteroatoms. The maximum atomic E-state index is 12.2. The number of hydrogen-bond acceptors (Lipinski definition) is 2. The van der Waals surface area contributed by atoms with Crippen molar-refractivity contribution >= 4 is 28.5 Å². The van der Waals surface area contributed by atoms with Gasteiger partial charge in [0.15, 0.2) is 14.7 Å². The highest BCUT2D eigenvalue weighted by Crippen LogP contribution is 2.33. The van der Waals surface area contributed by atoms with Gasteiger partial charge in [-0.1, -0.05) is 41.9 Å². The Labute approximate surface area is 149 Å². The fraction of sp³-hybridized carbons (Fsp3) is 0.0500. The molecule has 24 heavy (non-hydrogen) atoms. The van der Waals surface area contributed by atoms with Crippen LogP contribution in [0, 0.1) is 0 Å².